The number of hydrogen-bond donors (Lipinski definition) is 2. The molecule has 0 saturated carbocycles. The van der Waals surface area contributed by atoms with Crippen molar-refractivity contribution in [2.75, 3.05) is 13.6 Å². The number of nitrogens with one attached hydrogen (secondary N) is 2. The van der Waals surface area contributed by atoms with Gasteiger partial charge in [0.25, 0.3) is 0 Å². The van der Waals surface area contributed by atoms with Crippen LogP contribution in [-0.2, 0) is 6.54 Å². The van der Waals surface area contributed by atoms with Crippen LogP contribution in [0.5, 0.6) is 0 Å². The number of furan rings is 1. The maximum Gasteiger partial charge on any atom is 0.0947 e. The molecule has 12 heavy (non-hydrogen) atoms. The highest BCUT2D eigenvalue weighted by Crippen LogP contribution is 1.97. The molecule has 0 aliphatic rings. The van der Waals surface area contributed by atoms with Crippen LogP contribution in [-0.4, -0.2) is 19.6 Å². The van der Waals surface area contributed by atoms with E-state index in [0.717, 1.165) is 13.1 Å². The average molecular weight is 168 g/mol. The Bertz CT molecular complexity index is 196. The molecule has 1 aromatic rings. The minimum Gasteiger partial charge on any atom is -0.472 e. The first kappa shape index (κ1) is 9.29. The Balaban J connectivity index is 2.11. The highest BCUT2D eigenvalue weighted by Gasteiger charge is 1.97. The van der Waals surface area contributed by atoms with E-state index in [1.54, 1.807) is 12.5 Å². The normalized spacial score (nSPS) is 13.2. The summed E-state index contributed by atoms with van der Waals surface area (Å²) in [6, 6.07) is 2.48. The van der Waals surface area contributed by atoms with Crippen molar-refractivity contribution < 1.29 is 4.42 Å². The summed E-state index contributed by atoms with van der Waals surface area (Å²) < 4.78 is 4.94. The fourth-order valence-corrected chi connectivity index (χ4v) is 0.928. The monoisotopic (exact) mass is 168 g/mol. The van der Waals surface area contributed by atoms with Gasteiger partial charge in [-0.15, -0.1) is 0 Å². The summed E-state index contributed by atoms with van der Waals surface area (Å²) in [5.41, 5.74) is 1.19. The Morgan fingerprint density at radius 1 is 1.58 bits per heavy atom. The van der Waals surface area contributed by atoms with Crippen LogP contribution in [0.15, 0.2) is 23.0 Å². The van der Waals surface area contributed by atoms with Crippen LogP contribution in [0.1, 0.15) is 12.5 Å². The van der Waals surface area contributed by atoms with Crippen molar-refractivity contribution in [3.8, 4) is 0 Å². The van der Waals surface area contributed by atoms with Gasteiger partial charge in [-0.25, -0.2) is 0 Å². The van der Waals surface area contributed by atoms with Crippen LogP contribution in [0.3, 0.4) is 0 Å². The molecule has 0 amide bonds. The fourth-order valence-electron chi connectivity index (χ4n) is 0.928. The first-order valence-corrected chi connectivity index (χ1v) is 4.22. The minimum atomic E-state index is 0.511. The SMILES string of the molecule is CNC(C)CNCc1ccoc1. The van der Waals surface area contributed by atoms with Gasteiger partial charge in [0.05, 0.1) is 12.5 Å². The average Bonchev–Trinajstić information content (AvgIpc) is 2.57. The van der Waals surface area contributed by atoms with Gasteiger partial charge in [-0.3, -0.25) is 0 Å². The van der Waals surface area contributed by atoms with Gasteiger partial charge in [0.2, 0.25) is 0 Å². The second kappa shape index (κ2) is 4.95. The second-order valence-electron chi connectivity index (χ2n) is 2.95. The zero-order valence-corrected chi connectivity index (χ0v) is 7.63. The van der Waals surface area contributed by atoms with Crippen LogP contribution >= 0.6 is 0 Å². The smallest absolute Gasteiger partial charge is 0.0947 e. The van der Waals surface area contributed by atoms with Gasteiger partial charge < -0.3 is 15.1 Å². The van der Waals surface area contributed by atoms with Gasteiger partial charge in [-0.05, 0) is 20.0 Å². The number of likely N-dealkylation sites (N-methyl/N-ethyl adjacent to an activating group) is 1. The Hall–Kier alpha value is -0.800. The maximum atomic E-state index is 4.94. The summed E-state index contributed by atoms with van der Waals surface area (Å²) in [4.78, 5) is 0. The molecule has 0 aliphatic heterocycles. The molecule has 1 unspecified atom stereocenters. The molecule has 1 rings (SSSR count). The predicted molar refractivity (Wildman–Crippen MR) is 48.9 cm³/mol. The largest absolute Gasteiger partial charge is 0.472 e. The molecule has 0 spiro atoms. The van der Waals surface area contributed by atoms with Crippen LogP contribution in [0, 0.1) is 0 Å². The van der Waals surface area contributed by atoms with Crippen LogP contribution in [0.2, 0.25) is 0 Å². The Morgan fingerprint density at radius 3 is 3.00 bits per heavy atom. The second-order valence-corrected chi connectivity index (χ2v) is 2.95. The van der Waals surface area contributed by atoms with Crippen molar-refractivity contribution in [2.24, 2.45) is 0 Å². The third kappa shape index (κ3) is 3.07. The van der Waals surface area contributed by atoms with E-state index in [1.807, 2.05) is 13.1 Å². The molecule has 1 heterocycles. The van der Waals surface area contributed by atoms with Crippen LogP contribution in [0.4, 0.5) is 0 Å². The summed E-state index contributed by atoms with van der Waals surface area (Å²) in [7, 11) is 1.96. The molecule has 2 N–H and O–H groups in total. The lowest BCUT2D eigenvalue weighted by atomic mass is 10.3. The third-order valence-corrected chi connectivity index (χ3v) is 1.85. The van der Waals surface area contributed by atoms with Crippen molar-refractivity contribution in [3.63, 3.8) is 0 Å². The van der Waals surface area contributed by atoms with Crippen LogP contribution < -0.4 is 10.6 Å². The highest BCUT2D eigenvalue weighted by atomic mass is 16.3. The van der Waals surface area contributed by atoms with E-state index in [2.05, 4.69) is 17.6 Å². The van der Waals surface area contributed by atoms with Crippen LogP contribution in [0.25, 0.3) is 0 Å². The molecule has 0 fully saturated rings. The first-order chi connectivity index (χ1) is 5.83. The van der Waals surface area contributed by atoms with Gasteiger partial charge in [-0.1, -0.05) is 0 Å². The van der Waals surface area contributed by atoms with Gasteiger partial charge in [0.15, 0.2) is 0 Å². The number of rotatable bonds is 5. The van der Waals surface area contributed by atoms with E-state index in [4.69, 9.17) is 4.42 Å². The molecule has 0 bridgehead atoms. The van der Waals surface area contributed by atoms with E-state index in [-0.39, 0.29) is 0 Å². The van der Waals surface area contributed by atoms with Crippen molar-refractivity contribution in [1.82, 2.24) is 10.6 Å². The molecule has 68 valence electrons. The maximum absolute atomic E-state index is 4.94. The lowest BCUT2D eigenvalue weighted by Crippen LogP contribution is -2.33. The first-order valence-electron chi connectivity index (χ1n) is 4.22. The molecule has 0 radical (unpaired) electrons. The van der Waals surface area contributed by atoms with Gasteiger partial charge in [-0.2, -0.15) is 0 Å². The van der Waals surface area contributed by atoms with Gasteiger partial charge in [0.1, 0.15) is 0 Å². The zero-order chi connectivity index (χ0) is 8.81. The Kier molecular flexibility index (Phi) is 3.84. The summed E-state index contributed by atoms with van der Waals surface area (Å²) in [6.45, 7) is 3.99. The van der Waals surface area contributed by atoms with E-state index >= 15 is 0 Å². The molecule has 0 aliphatic carbocycles. The molecule has 3 nitrogen and oxygen atoms in total. The lowest BCUT2D eigenvalue weighted by Gasteiger charge is -2.09. The summed E-state index contributed by atoms with van der Waals surface area (Å²) >= 11 is 0. The third-order valence-electron chi connectivity index (χ3n) is 1.85. The van der Waals surface area contributed by atoms with Crippen molar-refractivity contribution in [2.45, 2.75) is 19.5 Å². The van der Waals surface area contributed by atoms with Crippen molar-refractivity contribution in [1.29, 1.82) is 0 Å². The number of hydrogen-bond acceptors (Lipinski definition) is 3. The topological polar surface area (TPSA) is 37.2 Å². The van der Waals surface area contributed by atoms with Crippen molar-refractivity contribution in [3.05, 3.63) is 24.2 Å². The molecule has 0 saturated heterocycles. The lowest BCUT2D eigenvalue weighted by molar-refractivity contribution is 0.533. The highest BCUT2D eigenvalue weighted by molar-refractivity contribution is 5.04. The summed E-state index contributed by atoms with van der Waals surface area (Å²) in [6.07, 6.45) is 3.45. The standard InChI is InChI=1S/C9H16N2O/c1-8(10-2)5-11-6-9-3-4-12-7-9/h3-4,7-8,10-11H,5-6H2,1-2H3. The zero-order valence-electron chi connectivity index (χ0n) is 7.63. The molecule has 3 heteroatoms. The van der Waals surface area contributed by atoms with Gasteiger partial charge >= 0.3 is 0 Å². The fraction of sp³-hybridized carbons (Fsp3) is 0.556. The van der Waals surface area contributed by atoms with E-state index in [1.165, 1.54) is 5.56 Å². The summed E-state index contributed by atoms with van der Waals surface area (Å²) in [5, 5.41) is 6.48. The van der Waals surface area contributed by atoms with E-state index < -0.39 is 0 Å². The molecular formula is C9H16N2O. The molecule has 0 aromatic carbocycles. The predicted octanol–water partition coefficient (Wildman–Crippen LogP) is 0.977. The van der Waals surface area contributed by atoms with Crippen molar-refractivity contribution >= 4 is 0 Å². The Morgan fingerprint density at radius 2 is 2.42 bits per heavy atom. The quantitative estimate of drug-likeness (QED) is 0.688. The Labute approximate surface area is 73.2 Å². The van der Waals surface area contributed by atoms with E-state index in [0.29, 0.717) is 6.04 Å². The molecule has 1 atom stereocenters. The van der Waals surface area contributed by atoms with Gasteiger partial charge in [0, 0.05) is 24.7 Å². The molecule has 1 aromatic heterocycles. The van der Waals surface area contributed by atoms with E-state index in [9.17, 15) is 0 Å². The molecular weight excluding hydrogens is 152 g/mol. The minimum absolute atomic E-state index is 0.511. The summed E-state index contributed by atoms with van der Waals surface area (Å²) in [5.74, 6) is 0.